The number of fused-ring (bicyclic) bond motifs is 1. The maximum absolute atomic E-state index is 13.6. The Hall–Kier alpha value is -2.80. The van der Waals surface area contributed by atoms with Gasteiger partial charge in [-0.15, -0.1) is 0 Å². The third-order valence-corrected chi connectivity index (χ3v) is 6.34. The van der Waals surface area contributed by atoms with E-state index in [1.165, 1.54) is 6.07 Å². The van der Waals surface area contributed by atoms with Crippen LogP contribution in [0.25, 0.3) is 5.65 Å². The number of carbonyl (C=O) groups is 1. The van der Waals surface area contributed by atoms with Crippen LogP contribution < -0.4 is 5.32 Å². The van der Waals surface area contributed by atoms with Gasteiger partial charge in [0.25, 0.3) is 0 Å². The van der Waals surface area contributed by atoms with Crippen LogP contribution in [0.15, 0.2) is 30.3 Å². The number of aryl methyl sites for hydroxylation is 2. The number of nitrogens with zero attached hydrogens (tertiary/aromatic N) is 4. The Morgan fingerprint density at radius 2 is 2.12 bits per heavy atom. The van der Waals surface area contributed by atoms with Gasteiger partial charge in [-0.05, 0) is 69.3 Å². The lowest BCUT2D eigenvalue weighted by atomic mass is 10.1. The van der Waals surface area contributed by atoms with Crippen molar-refractivity contribution in [2.24, 2.45) is 0 Å². The van der Waals surface area contributed by atoms with E-state index in [-0.39, 0.29) is 17.8 Å². The number of hydrogen-bond donors (Lipinski definition) is 1. The molecular formula is C25H32FN5O. The van der Waals surface area contributed by atoms with Crippen LogP contribution in [0.1, 0.15) is 66.9 Å². The van der Waals surface area contributed by atoms with Crippen LogP contribution in [-0.4, -0.2) is 38.5 Å². The van der Waals surface area contributed by atoms with Gasteiger partial charge in [0.05, 0.1) is 11.7 Å². The molecule has 1 aliphatic heterocycles. The Balaban J connectivity index is 1.55. The number of hydrogen-bond acceptors (Lipinski definition) is 4. The molecule has 1 N–H and O–H groups in total. The van der Waals surface area contributed by atoms with E-state index in [2.05, 4.69) is 23.2 Å². The van der Waals surface area contributed by atoms with Crippen molar-refractivity contribution in [3.63, 3.8) is 0 Å². The van der Waals surface area contributed by atoms with E-state index in [0.29, 0.717) is 25.9 Å². The molecule has 32 heavy (non-hydrogen) atoms. The standard InChI is InChI=1S/C25H32FN5O/c1-4-12-27-25(32)11-10-21-17(2)28-24-15-22(29-31(24)18(21)3)23-9-6-13-30(23)16-19-7-5-8-20(26)14-19/h5,7-8,14-15,23H,4,6,9-13,16H2,1-3H3,(H,27,32)/t23-/m0/s1. The van der Waals surface area contributed by atoms with Crippen molar-refractivity contribution >= 4 is 11.6 Å². The fourth-order valence-corrected chi connectivity index (χ4v) is 4.68. The van der Waals surface area contributed by atoms with E-state index in [1.54, 1.807) is 12.1 Å². The largest absolute Gasteiger partial charge is 0.356 e. The fourth-order valence-electron chi connectivity index (χ4n) is 4.68. The number of nitrogens with one attached hydrogen (secondary N) is 1. The summed E-state index contributed by atoms with van der Waals surface area (Å²) in [6.07, 6.45) is 4.16. The fraction of sp³-hybridized carbons (Fsp3) is 0.480. The minimum atomic E-state index is -0.197. The van der Waals surface area contributed by atoms with Crippen molar-refractivity contribution in [1.29, 1.82) is 0 Å². The Kier molecular flexibility index (Phi) is 6.84. The van der Waals surface area contributed by atoms with Gasteiger partial charge >= 0.3 is 0 Å². The van der Waals surface area contributed by atoms with Gasteiger partial charge in [-0.2, -0.15) is 5.10 Å². The van der Waals surface area contributed by atoms with Crippen LogP contribution >= 0.6 is 0 Å². The highest BCUT2D eigenvalue weighted by Gasteiger charge is 2.29. The summed E-state index contributed by atoms with van der Waals surface area (Å²) in [5.41, 5.74) is 5.90. The maximum atomic E-state index is 13.6. The zero-order chi connectivity index (χ0) is 22.7. The van der Waals surface area contributed by atoms with Gasteiger partial charge < -0.3 is 5.32 Å². The predicted octanol–water partition coefficient (Wildman–Crippen LogP) is 4.28. The summed E-state index contributed by atoms with van der Waals surface area (Å²) in [6, 6.07) is 9.10. The zero-order valence-corrected chi connectivity index (χ0v) is 19.2. The van der Waals surface area contributed by atoms with Crippen molar-refractivity contribution in [2.45, 2.75) is 65.5 Å². The van der Waals surface area contributed by atoms with Crippen LogP contribution in [0.2, 0.25) is 0 Å². The van der Waals surface area contributed by atoms with Crippen LogP contribution in [0, 0.1) is 19.7 Å². The normalized spacial score (nSPS) is 16.7. The van der Waals surface area contributed by atoms with E-state index in [4.69, 9.17) is 10.1 Å². The second kappa shape index (κ2) is 9.77. The van der Waals surface area contributed by atoms with Crippen LogP contribution in [0.4, 0.5) is 4.39 Å². The number of likely N-dealkylation sites (tertiary alicyclic amines) is 1. The van der Waals surface area contributed by atoms with Gasteiger partial charge in [-0.25, -0.2) is 13.9 Å². The highest BCUT2D eigenvalue weighted by Crippen LogP contribution is 2.33. The molecule has 170 valence electrons. The first-order valence-corrected chi connectivity index (χ1v) is 11.6. The lowest BCUT2D eigenvalue weighted by molar-refractivity contribution is -0.121. The molecule has 0 aliphatic carbocycles. The summed E-state index contributed by atoms with van der Waals surface area (Å²) < 4.78 is 15.5. The molecule has 1 aromatic carbocycles. The lowest BCUT2D eigenvalue weighted by Crippen LogP contribution is -2.24. The van der Waals surface area contributed by atoms with Crippen molar-refractivity contribution in [2.75, 3.05) is 13.1 Å². The first-order chi connectivity index (χ1) is 15.5. The van der Waals surface area contributed by atoms with Gasteiger partial charge in [-0.1, -0.05) is 19.1 Å². The SMILES string of the molecule is CCCNC(=O)CCc1c(C)nc2cc([C@@H]3CCCN3Cc3cccc(F)c3)nn2c1C. The molecule has 6 nitrogen and oxygen atoms in total. The van der Waals surface area contributed by atoms with E-state index >= 15 is 0 Å². The second-order valence-electron chi connectivity index (χ2n) is 8.71. The molecule has 0 spiro atoms. The van der Waals surface area contributed by atoms with Crippen molar-refractivity contribution < 1.29 is 9.18 Å². The second-order valence-corrected chi connectivity index (χ2v) is 8.71. The quantitative estimate of drug-likeness (QED) is 0.571. The molecule has 4 rings (SSSR count). The number of benzene rings is 1. The molecule has 1 saturated heterocycles. The van der Waals surface area contributed by atoms with Gasteiger partial charge in [0, 0.05) is 37.0 Å². The summed E-state index contributed by atoms with van der Waals surface area (Å²) in [4.78, 5) is 19.2. The highest BCUT2D eigenvalue weighted by molar-refractivity contribution is 5.76. The Labute approximate surface area is 188 Å². The minimum absolute atomic E-state index is 0.0749. The smallest absolute Gasteiger partial charge is 0.220 e. The Morgan fingerprint density at radius 3 is 2.91 bits per heavy atom. The summed E-state index contributed by atoms with van der Waals surface area (Å²) in [7, 11) is 0. The lowest BCUT2D eigenvalue weighted by Gasteiger charge is -2.23. The third-order valence-electron chi connectivity index (χ3n) is 6.34. The molecule has 0 bridgehead atoms. The average molecular weight is 438 g/mol. The molecular weight excluding hydrogens is 405 g/mol. The molecule has 7 heteroatoms. The van der Waals surface area contributed by atoms with E-state index in [0.717, 1.165) is 59.7 Å². The van der Waals surface area contributed by atoms with Crippen molar-refractivity contribution in [3.8, 4) is 0 Å². The number of rotatable bonds is 8. The molecule has 0 saturated carbocycles. The third kappa shape index (κ3) is 4.83. The van der Waals surface area contributed by atoms with Crippen LogP contribution in [-0.2, 0) is 17.8 Å². The molecule has 1 aliphatic rings. The summed E-state index contributed by atoms with van der Waals surface area (Å²) in [6.45, 7) is 8.50. The number of halogens is 1. The zero-order valence-electron chi connectivity index (χ0n) is 19.2. The predicted molar refractivity (Wildman–Crippen MR) is 123 cm³/mol. The average Bonchev–Trinajstić information content (AvgIpc) is 3.39. The minimum Gasteiger partial charge on any atom is -0.356 e. The molecule has 0 radical (unpaired) electrons. The molecule has 1 amide bonds. The first-order valence-electron chi connectivity index (χ1n) is 11.6. The Bertz CT molecular complexity index is 1110. The number of aromatic nitrogens is 3. The molecule has 0 unspecified atom stereocenters. The summed E-state index contributed by atoms with van der Waals surface area (Å²) in [5, 5.41) is 7.86. The van der Waals surface area contributed by atoms with Crippen LogP contribution in [0.5, 0.6) is 0 Å². The van der Waals surface area contributed by atoms with Gasteiger partial charge in [0.2, 0.25) is 5.91 Å². The molecule has 3 heterocycles. The topological polar surface area (TPSA) is 62.5 Å². The van der Waals surface area contributed by atoms with Crippen molar-refractivity contribution in [1.82, 2.24) is 24.8 Å². The van der Waals surface area contributed by atoms with Gasteiger partial charge in [-0.3, -0.25) is 9.69 Å². The molecule has 1 atom stereocenters. The molecule has 3 aromatic rings. The van der Waals surface area contributed by atoms with E-state index < -0.39 is 0 Å². The molecule has 1 fully saturated rings. The Morgan fingerprint density at radius 1 is 1.28 bits per heavy atom. The highest BCUT2D eigenvalue weighted by atomic mass is 19.1. The van der Waals surface area contributed by atoms with Crippen LogP contribution in [0.3, 0.4) is 0 Å². The van der Waals surface area contributed by atoms with Gasteiger partial charge in [0.1, 0.15) is 5.82 Å². The summed E-state index contributed by atoms with van der Waals surface area (Å²) in [5.74, 6) is -0.122. The summed E-state index contributed by atoms with van der Waals surface area (Å²) >= 11 is 0. The molecule has 2 aromatic heterocycles. The van der Waals surface area contributed by atoms with Gasteiger partial charge in [0.15, 0.2) is 5.65 Å². The van der Waals surface area contributed by atoms with Crippen molar-refractivity contribution in [3.05, 3.63) is 64.4 Å². The first kappa shape index (κ1) is 22.4. The maximum Gasteiger partial charge on any atom is 0.220 e. The monoisotopic (exact) mass is 437 g/mol. The number of amides is 1. The number of carbonyl (C=O) groups excluding carboxylic acids is 1. The van der Waals surface area contributed by atoms with E-state index in [1.807, 2.05) is 24.4 Å². The van der Waals surface area contributed by atoms with E-state index in [9.17, 15) is 9.18 Å².